The van der Waals surface area contributed by atoms with Crippen molar-refractivity contribution in [2.24, 2.45) is 0 Å². The summed E-state index contributed by atoms with van der Waals surface area (Å²) >= 11 is 0. The van der Waals surface area contributed by atoms with Crippen molar-refractivity contribution in [3.05, 3.63) is 71.4 Å². The summed E-state index contributed by atoms with van der Waals surface area (Å²) < 4.78 is 20.6. The van der Waals surface area contributed by atoms with Gasteiger partial charge in [0, 0.05) is 50.5 Å². The third kappa shape index (κ3) is 6.09. The van der Waals surface area contributed by atoms with Crippen LogP contribution in [0.4, 0.5) is 0 Å². The molecule has 1 saturated heterocycles. The van der Waals surface area contributed by atoms with Crippen LogP contribution in [-0.2, 0) is 17.5 Å². The van der Waals surface area contributed by atoms with Crippen LogP contribution < -0.4 is 4.74 Å². The van der Waals surface area contributed by atoms with E-state index < -0.39 is 15.7 Å². The van der Waals surface area contributed by atoms with Crippen LogP contribution in [0.5, 0.6) is 5.75 Å². The molecule has 1 fully saturated rings. The summed E-state index contributed by atoms with van der Waals surface area (Å²) in [6.45, 7) is 9.21. The van der Waals surface area contributed by atoms with Gasteiger partial charge in [0.15, 0.2) is 0 Å². The molecule has 0 spiro atoms. The molecular formula is C32H40N4O4S. The third-order valence-corrected chi connectivity index (χ3v) is 9.70. The molecule has 2 aromatic carbocycles. The molecule has 3 aromatic rings. The Morgan fingerprint density at radius 1 is 1.02 bits per heavy atom. The normalized spacial score (nSPS) is 18.8. The second-order valence-corrected chi connectivity index (χ2v) is 14.0. The number of aliphatic hydroxyl groups is 1. The number of likely N-dealkylation sites (N-methyl/N-ethyl adjacent to an activating group) is 1. The largest absolute Gasteiger partial charge is 0.497 e. The number of methoxy groups -OCH3 is 1. The summed E-state index contributed by atoms with van der Waals surface area (Å²) in [5.41, 5.74) is 5.87. The predicted molar refractivity (Wildman–Crippen MR) is 163 cm³/mol. The number of carbonyl (C=O) groups excluding carboxylic acids is 1. The van der Waals surface area contributed by atoms with Gasteiger partial charge in [0.2, 0.25) is 0 Å². The standard InChI is InChI=1S/C32H40N4O4S/c1-32(2,3)41(39)36-21-25-20-27(31(38)35-15-13-34(4)14-16-35)33-30(29(25)28(36)12-17-37)24-10-6-8-22(18-24)23-9-7-11-26(19-23)40-5/h6-11,18-20,28,37H,12-17,21H2,1-5H3/t28-,41-/m0/s1. The molecule has 5 rings (SSSR count). The number of piperazine rings is 1. The highest BCUT2D eigenvalue weighted by atomic mass is 32.2. The average molecular weight is 577 g/mol. The van der Waals surface area contributed by atoms with Crippen LogP contribution in [0.3, 0.4) is 0 Å². The molecule has 0 aliphatic carbocycles. The van der Waals surface area contributed by atoms with Crippen LogP contribution in [0.25, 0.3) is 22.4 Å². The SMILES string of the molecule is COc1cccc(-c2cccc(-c3nc(C(=O)N4CCN(C)CC4)cc4c3[C@H](CCO)N([S@@](=O)C(C)(C)C)C4)c2)c1. The van der Waals surface area contributed by atoms with Crippen LogP contribution >= 0.6 is 0 Å². The van der Waals surface area contributed by atoms with Gasteiger partial charge in [0.25, 0.3) is 5.91 Å². The Morgan fingerprint density at radius 2 is 1.68 bits per heavy atom. The Balaban J connectivity index is 1.64. The fraction of sp³-hybridized carbons (Fsp3) is 0.438. The average Bonchev–Trinajstić information content (AvgIpc) is 3.34. The second-order valence-electron chi connectivity index (χ2n) is 11.8. The molecule has 2 aliphatic heterocycles. The van der Waals surface area contributed by atoms with Crippen molar-refractivity contribution in [3.63, 3.8) is 0 Å². The van der Waals surface area contributed by atoms with Gasteiger partial charge in [-0.05, 0) is 75.2 Å². The molecule has 0 saturated carbocycles. The minimum absolute atomic E-state index is 0.0484. The fourth-order valence-corrected chi connectivity index (χ4v) is 7.02. The quantitative estimate of drug-likeness (QED) is 0.446. The topological polar surface area (TPSA) is 86.2 Å². The zero-order valence-electron chi connectivity index (χ0n) is 24.6. The van der Waals surface area contributed by atoms with Crippen molar-refractivity contribution in [1.82, 2.24) is 19.1 Å². The van der Waals surface area contributed by atoms with E-state index >= 15 is 0 Å². The second kappa shape index (κ2) is 12.0. The number of benzene rings is 2. The Labute approximate surface area is 245 Å². The van der Waals surface area contributed by atoms with Gasteiger partial charge in [-0.25, -0.2) is 13.5 Å². The molecule has 2 aliphatic rings. The van der Waals surface area contributed by atoms with Gasteiger partial charge < -0.3 is 19.6 Å². The van der Waals surface area contributed by atoms with Crippen LogP contribution in [0.2, 0.25) is 0 Å². The lowest BCUT2D eigenvalue weighted by atomic mass is 9.94. The number of fused-ring (bicyclic) bond motifs is 1. The van der Waals surface area contributed by atoms with E-state index in [1.54, 1.807) is 7.11 Å². The van der Waals surface area contributed by atoms with Gasteiger partial charge in [-0.15, -0.1) is 0 Å². The molecule has 0 unspecified atom stereocenters. The van der Waals surface area contributed by atoms with E-state index in [9.17, 15) is 14.1 Å². The van der Waals surface area contributed by atoms with Gasteiger partial charge in [-0.2, -0.15) is 0 Å². The molecule has 0 radical (unpaired) electrons. The van der Waals surface area contributed by atoms with Crippen molar-refractivity contribution in [2.45, 2.75) is 44.5 Å². The highest BCUT2D eigenvalue weighted by Gasteiger charge is 2.40. The predicted octanol–water partition coefficient (Wildman–Crippen LogP) is 4.51. The van der Waals surface area contributed by atoms with Crippen molar-refractivity contribution in [1.29, 1.82) is 0 Å². The lowest BCUT2D eigenvalue weighted by Crippen LogP contribution is -2.47. The van der Waals surface area contributed by atoms with Gasteiger partial charge in [0.1, 0.15) is 22.4 Å². The number of aromatic nitrogens is 1. The molecule has 41 heavy (non-hydrogen) atoms. The maximum atomic E-state index is 13.7. The minimum Gasteiger partial charge on any atom is -0.497 e. The van der Waals surface area contributed by atoms with E-state index in [4.69, 9.17) is 9.72 Å². The lowest BCUT2D eigenvalue weighted by molar-refractivity contribution is 0.0658. The number of hydrogen-bond acceptors (Lipinski definition) is 6. The first kappa shape index (κ1) is 29.4. The summed E-state index contributed by atoms with van der Waals surface area (Å²) in [4.78, 5) is 22.9. The monoisotopic (exact) mass is 576 g/mol. The Kier molecular flexibility index (Phi) is 8.61. The van der Waals surface area contributed by atoms with E-state index in [1.807, 2.05) is 78.5 Å². The van der Waals surface area contributed by atoms with Gasteiger partial charge in [-0.3, -0.25) is 4.79 Å². The molecule has 2 atom stereocenters. The highest BCUT2D eigenvalue weighted by Crippen LogP contribution is 2.44. The van der Waals surface area contributed by atoms with E-state index in [0.29, 0.717) is 37.4 Å². The number of amides is 1. The number of carbonyl (C=O) groups is 1. The minimum atomic E-state index is -1.32. The van der Waals surface area contributed by atoms with Crippen molar-refractivity contribution in [3.8, 4) is 28.1 Å². The van der Waals surface area contributed by atoms with E-state index in [-0.39, 0.29) is 18.6 Å². The number of pyridine rings is 1. The maximum absolute atomic E-state index is 13.7. The highest BCUT2D eigenvalue weighted by molar-refractivity contribution is 7.84. The van der Waals surface area contributed by atoms with Crippen molar-refractivity contribution >= 4 is 16.9 Å². The van der Waals surface area contributed by atoms with Crippen LogP contribution in [0.15, 0.2) is 54.6 Å². The van der Waals surface area contributed by atoms with Gasteiger partial charge in [0.05, 0.1) is 23.6 Å². The molecule has 1 aromatic heterocycles. The van der Waals surface area contributed by atoms with Crippen LogP contribution in [0.1, 0.15) is 54.8 Å². The summed E-state index contributed by atoms with van der Waals surface area (Å²) in [5, 5.41) is 10.1. The third-order valence-electron chi connectivity index (χ3n) is 7.84. The molecule has 3 heterocycles. The molecule has 0 bridgehead atoms. The van der Waals surface area contributed by atoms with Crippen LogP contribution in [0, 0.1) is 0 Å². The van der Waals surface area contributed by atoms with Crippen molar-refractivity contribution in [2.75, 3.05) is 46.9 Å². The fourth-order valence-electron chi connectivity index (χ4n) is 5.62. The molecular weight excluding hydrogens is 536 g/mol. The number of hydrogen-bond donors (Lipinski definition) is 1. The Morgan fingerprint density at radius 3 is 2.34 bits per heavy atom. The maximum Gasteiger partial charge on any atom is 0.272 e. The van der Waals surface area contributed by atoms with E-state index in [2.05, 4.69) is 18.0 Å². The van der Waals surface area contributed by atoms with E-state index in [1.165, 1.54) is 0 Å². The summed E-state index contributed by atoms with van der Waals surface area (Å²) in [5.74, 6) is 0.690. The summed E-state index contributed by atoms with van der Waals surface area (Å²) in [7, 11) is 2.40. The lowest BCUT2D eigenvalue weighted by Gasteiger charge is -2.32. The van der Waals surface area contributed by atoms with Gasteiger partial charge >= 0.3 is 0 Å². The molecule has 8 nitrogen and oxygen atoms in total. The zero-order chi connectivity index (χ0) is 29.3. The van der Waals surface area contributed by atoms with E-state index in [0.717, 1.165) is 46.7 Å². The first-order valence-electron chi connectivity index (χ1n) is 14.2. The number of ether oxygens (including phenoxy) is 1. The number of nitrogens with zero attached hydrogens (tertiary/aromatic N) is 4. The first-order chi connectivity index (χ1) is 19.6. The smallest absolute Gasteiger partial charge is 0.272 e. The Bertz CT molecular complexity index is 1450. The molecule has 9 heteroatoms. The number of rotatable bonds is 7. The Hall–Kier alpha value is -3.11. The number of aliphatic hydroxyl groups excluding tert-OH is 1. The summed E-state index contributed by atoms with van der Waals surface area (Å²) in [6.07, 6.45) is 0.421. The molecule has 218 valence electrons. The van der Waals surface area contributed by atoms with Crippen molar-refractivity contribution < 1.29 is 18.8 Å². The van der Waals surface area contributed by atoms with Crippen LogP contribution in [-0.4, -0.2) is 86.0 Å². The first-order valence-corrected chi connectivity index (χ1v) is 15.3. The zero-order valence-corrected chi connectivity index (χ0v) is 25.4. The molecule has 1 amide bonds. The van der Waals surface area contributed by atoms with Gasteiger partial charge in [-0.1, -0.05) is 30.3 Å². The summed E-state index contributed by atoms with van der Waals surface area (Å²) in [6, 6.07) is 17.6. The molecule has 1 N–H and O–H groups in total.